The fourth-order valence-electron chi connectivity index (χ4n) is 3.09. The molecule has 1 saturated carbocycles. The van der Waals surface area contributed by atoms with Crippen LogP contribution in [0.5, 0.6) is 0 Å². The Bertz CT molecular complexity index is 206. The molecule has 3 nitrogen and oxygen atoms in total. The number of likely N-dealkylation sites (N-methyl/N-ethyl adjacent to an activating group) is 2. The molecule has 102 valence electrons. The highest BCUT2D eigenvalue weighted by atomic mass is 15.2. The van der Waals surface area contributed by atoms with Crippen LogP contribution in [0.2, 0.25) is 0 Å². The van der Waals surface area contributed by atoms with Gasteiger partial charge in [0.2, 0.25) is 0 Å². The lowest BCUT2D eigenvalue weighted by molar-refractivity contribution is 0.138. The fourth-order valence-corrected chi connectivity index (χ4v) is 3.09. The van der Waals surface area contributed by atoms with Crippen LogP contribution in [0, 0.1) is 5.92 Å². The third-order valence-electron chi connectivity index (χ3n) is 3.97. The highest BCUT2D eigenvalue weighted by Gasteiger charge is 2.23. The van der Waals surface area contributed by atoms with Crippen LogP contribution in [0.25, 0.3) is 0 Å². The smallest absolute Gasteiger partial charge is 0.0194 e. The molecule has 17 heavy (non-hydrogen) atoms. The first-order valence-corrected chi connectivity index (χ1v) is 7.17. The lowest BCUT2D eigenvalue weighted by Gasteiger charge is -2.35. The van der Waals surface area contributed by atoms with Crippen molar-refractivity contribution in [3.8, 4) is 0 Å². The Hall–Kier alpha value is -0.120. The van der Waals surface area contributed by atoms with E-state index in [0.29, 0.717) is 12.1 Å². The van der Waals surface area contributed by atoms with Gasteiger partial charge in [-0.3, -0.25) is 4.90 Å². The van der Waals surface area contributed by atoms with Crippen LogP contribution in [-0.4, -0.2) is 55.6 Å². The second kappa shape index (κ2) is 7.34. The topological polar surface area (TPSA) is 32.5 Å². The van der Waals surface area contributed by atoms with Gasteiger partial charge in [-0.15, -0.1) is 0 Å². The van der Waals surface area contributed by atoms with Crippen molar-refractivity contribution in [3.63, 3.8) is 0 Å². The van der Waals surface area contributed by atoms with Gasteiger partial charge in [-0.05, 0) is 52.7 Å². The predicted octanol–water partition coefficient (Wildman–Crippen LogP) is 1.78. The number of rotatable bonds is 6. The average molecular weight is 241 g/mol. The van der Waals surface area contributed by atoms with E-state index in [-0.39, 0.29) is 0 Å². The maximum atomic E-state index is 6.07. The van der Waals surface area contributed by atoms with Gasteiger partial charge in [-0.1, -0.05) is 13.3 Å². The van der Waals surface area contributed by atoms with E-state index >= 15 is 0 Å². The number of hydrogen-bond acceptors (Lipinski definition) is 3. The molecule has 0 spiro atoms. The molecule has 1 fully saturated rings. The molecule has 3 heteroatoms. The summed E-state index contributed by atoms with van der Waals surface area (Å²) >= 11 is 0. The first-order chi connectivity index (χ1) is 8.02. The van der Waals surface area contributed by atoms with E-state index in [1.807, 2.05) is 0 Å². The Kier molecular flexibility index (Phi) is 6.45. The molecule has 0 aliphatic heterocycles. The van der Waals surface area contributed by atoms with Crippen LogP contribution >= 0.6 is 0 Å². The first kappa shape index (κ1) is 14.9. The van der Waals surface area contributed by atoms with Gasteiger partial charge in [0.1, 0.15) is 0 Å². The van der Waals surface area contributed by atoms with Crippen molar-refractivity contribution in [2.24, 2.45) is 11.7 Å². The Morgan fingerprint density at radius 1 is 1.29 bits per heavy atom. The summed E-state index contributed by atoms with van der Waals surface area (Å²) in [6.45, 7) is 8.15. The van der Waals surface area contributed by atoms with Crippen molar-refractivity contribution in [1.82, 2.24) is 9.80 Å². The van der Waals surface area contributed by atoms with Crippen molar-refractivity contribution in [2.75, 3.05) is 33.7 Å². The second-order valence-electron chi connectivity index (χ2n) is 5.99. The van der Waals surface area contributed by atoms with Gasteiger partial charge in [0.15, 0.2) is 0 Å². The van der Waals surface area contributed by atoms with Gasteiger partial charge >= 0.3 is 0 Å². The summed E-state index contributed by atoms with van der Waals surface area (Å²) in [5.74, 6) is 0.823. The van der Waals surface area contributed by atoms with Crippen LogP contribution < -0.4 is 5.73 Å². The molecular weight excluding hydrogens is 210 g/mol. The van der Waals surface area contributed by atoms with E-state index in [9.17, 15) is 0 Å². The van der Waals surface area contributed by atoms with Crippen molar-refractivity contribution in [1.29, 1.82) is 0 Å². The van der Waals surface area contributed by atoms with Crippen molar-refractivity contribution < 1.29 is 0 Å². The van der Waals surface area contributed by atoms with E-state index in [1.54, 1.807) is 0 Å². The molecule has 1 rings (SSSR count). The zero-order valence-electron chi connectivity index (χ0n) is 12.2. The normalized spacial score (nSPS) is 27.7. The standard InChI is InChI=1S/C14H31N3/c1-5-17(12(2)10-16(3)4)11-13-7-6-8-14(15)9-13/h12-14H,5-11,15H2,1-4H3. The summed E-state index contributed by atoms with van der Waals surface area (Å²) in [5, 5.41) is 0. The van der Waals surface area contributed by atoms with Gasteiger partial charge in [0.25, 0.3) is 0 Å². The summed E-state index contributed by atoms with van der Waals surface area (Å²) in [5.41, 5.74) is 6.07. The Morgan fingerprint density at radius 2 is 2.00 bits per heavy atom. The Morgan fingerprint density at radius 3 is 2.53 bits per heavy atom. The zero-order chi connectivity index (χ0) is 12.8. The Balaban J connectivity index is 2.39. The maximum Gasteiger partial charge on any atom is 0.0194 e. The summed E-state index contributed by atoms with van der Waals surface area (Å²) < 4.78 is 0. The minimum Gasteiger partial charge on any atom is -0.328 e. The average Bonchev–Trinajstić information content (AvgIpc) is 2.24. The van der Waals surface area contributed by atoms with Gasteiger partial charge in [-0.2, -0.15) is 0 Å². The number of hydrogen-bond donors (Lipinski definition) is 1. The molecule has 0 saturated heterocycles. The molecular formula is C14H31N3. The zero-order valence-corrected chi connectivity index (χ0v) is 12.2. The molecule has 0 aromatic heterocycles. The summed E-state index contributed by atoms with van der Waals surface area (Å²) in [4.78, 5) is 4.89. The van der Waals surface area contributed by atoms with Crippen molar-refractivity contribution in [3.05, 3.63) is 0 Å². The Labute approximate surface area is 107 Å². The highest BCUT2D eigenvalue weighted by Crippen LogP contribution is 2.24. The molecule has 0 radical (unpaired) electrons. The van der Waals surface area contributed by atoms with E-state index in [2.05, 4.69) is 37.7 Å². The van der Waals surface area contributed by atoms with Crippen LogP contribution in [0.3, 0.4) is 0 Å². The number of nitrogens with zero attached hydrogens (tertiary/aromatic N) is 2. The summed E-state index contributed by atoms with van der Waals surface area (Å²) in [7, 11) is 4.31. The second-order valence-corrected chi connectivity index (χ2v) is 5.99. The third kappa shape index (κ3) is 5.36. The van der Waals surface area contributed by atoms with Gasteiger partial charge in [0, 0.05) is 25.2 Å². The van der Waals surface area contributed by atoms with Crippen LogP contribution in [-0.2, 0) is 0 Å². The van der Waals surface area contributed by atoms with E-state index in [4.69, 9.17) is 5.73 Å². The molecule has 2 N–H and O–H groups in total. The molecule has 1 aliphatic rings. The van der Waals surface area contributed by atoms with E-state index in [1.165, 1.54) is 32.2 Å². The van der Waals surface area contributed by atoms with Crippen molar-refractivity contribution >= 4 is 0 Å². The SMILES string of the molecule is CCN(CC1CCCC(N)C1)C(C)CN(C)C. The van der Waals surface area contributed by atoms with Crippen molar-refractivity contribution in [2.45, 2.75) is 51.6 Å². The monoisotopic (exact) mass is 241 g/mol. The molecule has 3 unspecified atom stereocenters. The lowest BCUT2D eigenvalue weighted by Crippen LogP contribution is -2.44. The van der Waals surface area contributed by atoms with Gasteiger partial charge in [0.05, 0.1) is 0 Å². The minimum absolute atomic E-state index is 0.455. The van der Waals surface area contributed by atoms with Crippen LogP contribution in [0.4, 0.5) is 0 Å². The summed E-state index contributed by atoms with van der Waals surface area (Å²) in [6, 6.07) is 1.10. The largest absolute Gasteiger partial charge is 0.328 e. The van der Waals surface area contributed by atoms with Gasteiger partial charge < -0.3 is 10.6 Å². The molecule has 0 amide bonds. The maximum absolute atomic E-state index is 6.07. The molecule has 1 aliphatic carbocycles. The molecule has 0 aromatic carbocycles. The fraction of sp³-hybridized carbons (Fsp3) is 1.00. The van der Waals surface area contributed by atoms with E-state index in [0.717, 1.165) is 19.0 Å². The predicted molar refractivity (Wildman–Crippen MR) is 75.2 cm³/mol. The highest BCUT2D eigenvalue weighted by molar-refractivity contribution is 4.79. The third-order valence-corrected chi connectivity index (χ3v) is 3.97. The number of nitrogens with two attached hydrogens (primary N) is 1. The molecule has 0 heterocycles. The summed E-state index contributed by atoms with van der Waals surface area (Å²) in [6.07, 6.45) is 5.16. The lowest BCUT2D eigenvalue weighted by atomic mass is 9.85. The van der Waals surface area contributed by atoms with Crippen LogP contribution in [0.15, 0.2) is 0 Å². The minimum atomic E-state index is 0.455. The molecule has 3 atom stereocenters. The van der Waals surface area contributed by atoms with Crippen LogP contribution in [0.1, 0.15) is 39.5 Å². The quantitative estimate of drug-likeness (QED) is 0.769. The molecule has 0 aromatic rings. The molecule has 0 bridgehead atoms. The van der Waals surface area contributed by atoms with Gasteiger partial charge in [-0.25, -0.2) is 0 Å². The van der Waals surface area contributed by atoms with E-state index < -0.39 is 0 Å². The first-order valence-electron chi connectivity index (χ1n) is 7.17.